The molecule has 0 aliphatic carbocycles. The molecule has 0 radical (unpaired) electrons. The van der Waals surface area contributed by atoms with Crippen LogP contribution in [0.5, 0.6) is 0 Å². The van der Waals surface area contributed by atoms with E-state index in [4.69, 9.17) is 14.9 Å². The molecule has 1 unspecified atom stereocenters. The van der Waals surface area contributed by atoms with E-state index in [0.717, 1.165) is 0 Å². The largest absolute Gasteiger partial charge is 0.394 e. The fraction of sp³-hybridized carbons (Fsp3) is 1.00. The minimum Gasteiger partial charge on any atom is -0.394 e. The van der Waals surface area contributed by atoms with Crippen LogP contribution in [0.3, 0.4) is 0 Å². The van der Waals surface area contributed by atoms with Gasteiger partial charge >= 0.3 is 0 Å². The summed E-state index contributed by atoms with van der Waals surface area (Å²) in [6.45, 7) is -0.375. The predicted molar refractivity (Wildman–Crippen MR) is 36.6 cm³/mol. The molecule has 0 aromatic carbocycles. The highest BCUT2D eigenvalue weighted by Crippen LogP contribution is 2.17. The van der Waals surface area contributed by atoms with Crippen molar-refractivity contribution in [2.45, 2.75) is 24.9 Å². The Kier molecular flexibility index (Phi) is 3.22. The summed E-state index contributed by atoms with van der Waals surface area (Å²) in [7, 11) is 0. The van der Waals surface area contributed by atoms with Gasteiger partial charge in [0.05, 0.1) is 19.4 Å². The van der Waals surface area contributed by atoms with Gasteiger partial charge in [-0.05, 0) is 0 Å². The minimum absolute atomic E-state index is 0.185. The molecule has 3 atom stereocenters. The SMILES string of the molecule is OCNC1C[C@H](O)[C@@H](CO)O1. The van der Waals surface area contributed by atoms with Crippen molar-refractivity contribution in [3.05, 3.63) is 0 Å². The Bertz CT molecular complexity index is 121. The molecule has 11 heavy (non-hydrogen) atoms. The number of nitrogens with one attached hydrogen (secondary N) is 1. The predicted octanol–water partition coefficient (Wildman–Crippen LogP) is -2.01. The lowest BCUT2D eigenvalue weighted by Crippen LogP contribution is -2.30. The van der Waals surface area contributed by atoms with Crippen LogP contribution in [0.25, 0.3) is 0 Å². The highest BCUT2D eigenvalue weighted by atomic mass is 16.5. The quantitative estimate of drug-likeness (QED) is 0.362. The summed E-state index contributed by atoms with van der Waals surface area (Å²) in [4.78, 5) is 0. The van der Waals surface area contributed by atoms with E-state index in [-0.39, 0.29) is 19.6 Å². The number of aliphatic hydroxyl groups is 3. The molecule has 0 saturated carbocycles. The van der Waals surface area contributed by atoms with E-state index in [1.165, 1.54) is 0 Å². The van der Waals surface area contributed by atoms with Crippen LogP contribution in [0.15, 0.2) is 0 Å². The molecule has 4 N–H and O–H groups in total. The van der Waals surface area contributed by atoms with Crippen LogP contribution >= 0.6 is 0 Å². The Morgan fingerprint density at radius 3 is 2.64 bits per heavy atom. The maximum Gasteiger partial charge on any atom is 0.113 e. The summed E-state index contributed by atoms with van der Waals surface area (Å²) >= 11 is 0. The third-order valence-corrected chi connectivity index (χ3v) is 1.72. The maximum atomic E-state index is 9.18. The summed E-state index contributed by atoms with van der Waals surface area (Å²) in [5.41, 5.74) is 0. The van der Waals surface area contributed by atoms with Crippen LogP contribution < -0.4 is 5.32 Å². The molecular formula is C6H13NO4. The molecule has 1 saturated heterocycles. The highest BCUT2D eigenvalue weighted by Gasteiger charge is 2.32. The van der Waals surface area contributed by atoms with E-state index < -0.39 is 12.2 Å². The first-order chi connectivity index (χ1) is 5.27. The van der Waals surface area contributed by atoms with E-state index >= 15 is 0 Å². The lowest BCUT2D eigenvalue weighted by atomic mass is 10.2. The van der Waals surface area contributed by atoms with Gasteiger partial charge in [0, 0.05) is 6.42 Å². The number of ether oxygens (including phenoxy) is 1. The second kappa shape index (κ2) is 3.99. The van der Waals surface area contributed by atoms with Crippen molar-refractivity contribution in [2.75, 3.05) is 13.3 Å². The van der Waals surface area contributed by atoms with Crippen molar-refractivity contribution in [3.63, 3.8) is 0 Å². The van der Waals surface area contributed by atoms with E-state index in [1.54, 1.807) is 0 Å². The Labute approximate surface area is 64.6 Å². The van der Waals surface area contributed by atoms with Gasteiger partial charge < -0.3 is 20.1 Å². The standard InChI is InChI=1S/C6H13NO4/c8-2-5-4(10)1-6(11-5)7-3-9/h4-10H,1-3H2/t4-,5+,6?/m0/s1. The summed E-state index contributed by atoms with van der Waals surface area (Å²) in [5, 5.41) is 28.9. The fourth-order valence-corrected chi connectivity index (χ4v) is 1.13. The van der Waals surface area contributed by atoms with Crippen molar-refractivity contribution in [1.29, 1.82) is 0 Å². The van der Waals surface area contributed by atoms with Crippen LogP contribution in [0.4, 0.5) is 0 Å². The molecule has 1 heterocycles. The van der Waals surface area contributed by atoms with Crippen molar-refractivity contribution in [2.24, 2.45) is 0 Å². The number of rotatable bonds is 3. The highest BCUT2D eigenvalue weighted by molar-refractivity contribution is 4.79. The van der Waals surface area contributed by atoms with Crippen molar-refractivity contribution >= 4 is 0 Å². The fourth-order valence-electron chi connectivity index (χ4n) is 1.13. The van der Waals surface area contributed by atoms with E-state index in [2.05, 4.69) is 5.32 Å². The van der Waals surface area contributed by atoms with Crippen LogP contribution in [-0.2, 0) is 4.74 Å². The molecule has 5 nitrogen and oxygen atoms in total. The Morgan fingerprint density at radius 2 is 2.18 bits per heavy atom. The topological polar surface area (TPSA) is 82.0 Å². The normalized spacial score (nSPS) is 37.9. The van der Waals surface area contributed by atoms with Gasteiger partial charge in [-0.2, -0.15) is 0 Å². The zero-order valence-corrected chi connectivity index (χ0v) is 6.10. The Morgan fingerprint density at radius 1 is 1.45 bits per heavy atom. The third-order valence-electron chi connectivity index (χ3n) is 1.72. The van der Waals surface area contributed by atoms with Gasteiger partial charge in [-0.3, -0.25) is 5.32 Å². The average Bonchev–Trinajstić information content (AvgIpc) is 2.32. The smallest absolute Gasteiger partial charge is 0.113 e. The van der Waals surface area contributed by atoms with Crippen LogP contribution in [0.2, 0.25) is 0 Å². The van der Waals surface area contributed by atoms with Gasteiger partial charge in [-0.25, -0.2) is 0 Å². The number of hydrogen-bond acceptors (Lipinski definition) is 5. The van der Waals surface area contributed by atoms with Gasteiger partial charge in [0.15, 0.2) is 0 Å². The molecule has 1 aliphatic rings. The van der Waals surface area contributed by atoms with E-state index in [0.29, 0.717) is 6.42 Å². The van der Waals surface area contributed by atoms with Gasteiger partial charge in [-0.15, -0.1) is 0 Å². The zero-order valence-electron chi connectivity index (χ0n) is 6.10. The summed E-state index contributed by atoms with van der Waals surface area (Å²) in [5.74, 6) is 0. The second-order valence-electron chi connectivity index (χ2n) is 2.51. The molecule has 66 valence electrons. The average molecular weight is 163 g/mol. The first-order valence-electron chi connectivity index (χ1n) is 3.56. The Hall–Kier alpha value is -0.200. The molecular weight excluding hydrogens is 150 g/mol. The van der Waals surface area contributed by atoms with Crippen molar-refractivity contribution in [3.8, 4) is 0 Å². The number of aliphatic hydroxyl groups excluding tert-OH is 3. The van der Waals surface area contributed by atoms with E-state index in [9.17, 15) is 5.11 Å². The molecule has 0 spiro atoms. The third kappa shape index (κ3) is 2.11. The molecule has 0 bridgehead atoms. The molecule has 0 aromatic heterocycles. The van der Waals surface area contributed by atoms with Crippen molar-refractivity contribution in [1.82, 2.24) is 5.32 Å². The molecule has 5 heteroatoms. The van der Waals surface area contributed by atoms with Gasteiger partial charge in [0.25, 0.3) is 0 Å². The molecule has 0 aromatic rings. The lowest BCUT2D eigenvalue weighted by Gasteiger charge is -2.11. The number of hydrogen-bond donors (Lipinski definition) is 4. The summed E-state index contributed by atoms with van der Waals surface area (Å²) in [6, 6.07) is 0. The lowest BCUT2D eigenvalue weighted by molar-refractivity contribution is -0.0367. The minimum atomic E-state index is -0.635. The van der Waals surface area contributed by atoms with Crippen LogP contribution in [0.1, 0.15) is 6.42 Å². The molecule has 1 rings (SSSR count). The van der Waals surface area contributed by atoms with Crippen LogP contribution in [-0.4, -0.2) is 47.1 Å². The van der Waals surface area contributed by atoms with Crippen LogP contribution in [0, 0.1) is 0 Å². The first-order valence-corrected chi connectivity index (χ1v) is 3.56. The van der Waals surface area contributed by atoms with Gasteiger partial charge in [0.1, 0.15) is 12.3 Å². The molecule has 1 fully saturated rings. The van der Waals surface area contributed by atoms with E-state index in [1.807, 2.05) is 0 Å². The molecule has 1 aliphatic heterocycles. The summed E-state index contributed by atoms with van der Waals surface area (Å²) in [6.07, 6.45) is -1.08. The second-order valence-corrected chi connectivity index (χ2v) is 2.51. The Balaban J connectivity index is 2.30. The van der Waals surface area contributed by atoms with Gasteiger partial charge in [-0.1, -0.05) is 0 Å². The maximum absolute atomic E-state index is 9.18. The van der Waals surface area contributed by atoms with Gasteiger partial charge in [0.2, 0.25) is 0 Å². The first kappa shape index (κ1) is 8.89. The monoisotopic (exact) mass is 163 g/mol. The zero-order chi connectivity index (χ0) is 8.27. The molecule has 0 amide bonds. The summed E-state index contributed by atoms with van der Waals surface area (Å²) < 4.78 is 5.09. The van der Waals surface area contributed by atoms with Crippen molar-refractivity contribution < 1.29 is 20.1 Å².